The molecule has 2 heterocycles. The molecule has 6 nitrogen and oxygen atoms in total. The van der Waals surface area contributed by atoms with Gasteiger partial charge in [0.15, 0.2) is 0 Å². The first-order valence-electron chi connectivity index (χ1n) is 10.9. The van der Waals surface area contributed by atoms with Gasteiger partial charge >= 0.3 is 0 Å². The second kappa shape index (κ2) is 10.2. The molecule has 1 fully saturated rings. The fourth-order valence-corrected chi connectivity index (χ4v) is 4.47. The molecule has 0 radical (unpaired) electrons. The zero-order valence-corrected chi connectivity index (χ0v) is 18.9. The van der Waals surface area contributed by atoms with Crippen molar-refractivity contribution in [3.05, 3.63) is 54.1 Å². The number of nitrogens with zero attached hydrogens (tertiary/aromatic N) is 1. The smallest absolute Gasteiger partial charge is 0.228 e. The molecule has 2 aliphatic heterocycles. The van der Waals surface area contributed by atoms with Crippen molar-refractivity contribution in [2.45, 2.75) is 45.2 Å². The van der Waals surface area contributed by atoms with Gasteiger partial charge in [-0.05, 0) is 62.2 Å². The average molecular weight is 443 g/mol. The van der Waals surface area contributed by atoms with Gasteiger partial charge in [0.25, 0.3) is 0 Å². The Hall–Kier alpha value is -2.57. The molecule has 0 spiro atoms. The van der Waals surface area contributed by atoms with E-state index in [4.69, 9.17) is 0 Å². The third-order valence-corrected chi connectivity index (χ3v) is 6.08. The molecule has 0 bridgehead atoms. The molecular formula is C24H31ClN4O2. The van der Waals surface area contributed by atoms with E-state index in [0.29, 0.717) is 6.42 Å². The number of amides is 2. The van der Waals surface area contributed by atoms with Crippen LogP contribution in [-0.4, -0.2) is 30.9 Å². The van der Waals surface area contributed by atoms with Crippen LogP contribution < -0.4 is 20.9 Å². The molecule has 1 saturated heterocycles. The SMILES string of the molecule is CCC(=O)N1c2ccccc2[C@H](Nc2ccc(NC(=O)[C@@H]3CCNC3)cc2)C[C@@H]1C.Cl. The zero-order valence-electron chi connectivity index (χ0n) is 18.1. The Balaban J connectivity index is 0.00000272. The summed E-state index contributed by atoms with van der Waals surface area (Å²) in [4.78, 5) is 26.7. The van der Waals surface area contributed by atoms with E-state index in [1.807, 2.05) is 54.3 Å². The van der Waals surface area contributed by atoms with E-state index in [-0.39, 0.29) is 42.2 Å². The number of carbonyl (C=O) groups is 2. The minimum atomic E-state index is 0. The molecule has 166 valence electrons. The quantitative estimate of drug-likeness (QED) is 0.643. The second-order valence-corrected chi connectivity index (χ2v) is 8.21. The average Bonchev–Trinajstić information content (AvgIpc) is 3.30. The maximum Gasteiger partial charge on any atom is 0.228 e. The monoisotopic (exact) mass is 442 g/mol. The van der Waals surface area contributed by atoms with Gasteiger partial charge in [-0.1, -0.05) is 25.1 Å². The zero-order chi connectivity index (χ0) is 21.1. The van der Waals surface area contributed by atoms with Crippen molar-refractivity contribution in [1.29, 1.82) is 0 Å². The molecule has 4 rings (SSSR count). The molecule has 2 aliphatic rings. The van der Waals surface area contributed by atoms with Gasteiger partial charge in [-0.2, -0.15) is 0 Å². The van der Waals surface area contributed by atoms with Crippen molar-refractivity contribution < 1.29 is 9.59 Å². The van der Waals surface area contributed by atoms with E-state index >= 15 is 0 Å². The van der Waals surface area contributed by atoms with E-state index in [0.717, 1.165) is 48.6 Å². The summed E-state index contributed by atoms with van der Waals surface area (Å²) in [6.45, 7) is 5.67. The largest absolute Gasteiger partial charge is 0.378 e. The number of anilines is 3. The van der Waals surface area contributed by atoms with E-state index < -0.39 is 0 Å². The number of para-hydroxylation sites is 1. The van der Waals surface area contributed by atoms with E-state index in [1.165, 1.54) is 0 Å². The summed E-state index contributed by atoms with van der Waals surface area (Å²) >= 11 is 0. The first-order chi connectivity index (χ1) is 14.6. The number of hydrogen-bond acceptors (Lipinski definition) is 4. The Morgan fingerprint density at radius 1 is 1.10 bits per heavy atom. The fraction of sp³-hybridized carbons (Fsp3) is 0.417. The van der Waals surface area contributed by atoms with Gasteiger partial charge in [0.2, 0.25) is 11.8 Å². The summed E-state index contributed by atoms with van der Waals surface area (Å²) < 4.78 is 0. The van der Waals surface area contributed by atoms with E-state index in [9.17, 15) is 9.59 Å². The number of rotatable bonds is 5. The second-order valence-electron chi connectivity index (χ2n) is 8.21. The summed E-state index contributed by atoms with van der Waals surface area (Å²) in [5, 5.41) is 9.85. The maximum atomic E-state index is 12.5. The summed E-state index contributed by atoms with van der Waals surface area (Å²) in [5.41, 5.74) is 3.95. The van der Waals surface area contributed by atoms with Crippen LogP contribution in [0.15, 0.2) is 48.5 Å². The number of carbonyl (C=O) groups excluding carboxylic acids is 2. The van der Waals surface area contributed by atoms with Gasteiger partial charge in [-0.25, -0.2) is 0 Å². The predicted octanol–water partition coefficient (Wildman–Crippen LogP) is 4.34. The van der Waals surface area contributed by atoms with Crippen LogP contribution in [0.2, 0.25) is 0 Å². The summed E-state index contributed by atoms with van der Waals surface area (Å²) in [6, 6.07) is 16.3. The van der Waals surface area contributed by atoms with Gasteiger partial charge < -0.3 is 20.9 Å². The maximum absolute atomic E-state index is 12.5. The Morgan fingerprint density at radius 3 is 2.48 bits per heavy atom. The van der Waals surface area contributed by atoms with Gasteiger partial charge in [0.1, 0.15) is 0 Å². The molecule has 3 atom stereocenters. The van der Waals surface area contributed by atoms with Crippen LogP contribution >= 0.6 is 12.4 Å². The summed E-state index contributed by atoms with van der Waals surface area (Å²) in [5.74, 6) is 0.291. The lowest BCUT2D eigenvalue weighted by molar-refractivity contribution is -0.119. The molecule has 7 heteroatoms. The predicted molar refractivity (Wildman–Crippen MR) is 128 cm³/mol. The highest BCUT2D eigenvalue weighted by Gasteiger charge is 2.32. The Bertz CT molecular complexity index is 912. The van der Waals surface area contributed by atoms with Gasteiger partial charge in [0, 0.05) is 36.1 Å². The molecule has 0 aliphatic carbocycles. The summed E-state index contributed by atoms with van der Waals surface area (Å²) in [7, 11) is 0. The standard InChI is InChI=1S/C24H30N4O2.ClH/c1-3-23(29)28-16(2)14-21(20-6-4-5-7-22(20)28)26-18-8-10-19(11-9-18)27-24(30)17-12-13-25-15-17;/h4-11,16-17,21,25-26H,3,12-15H2,1-2H3,(H,27,30);1H/t16-,17+,21+;/m0./s1. The lowest BCUT2D eigenvalue weighted by Gasteiger charge is -2.40. The fourth-order valence-electron chi connectivity index (χ4n) is 4.47. The van der Waals surface area contributed by atoms with Crippen LogP contribution in [0.1, 0.15) is 44.7 Å². The third kappa shape index (κ3) is 5.02. The Morgan fingerprint density at radius 2 is 1.81 bits per heavy atom. The minimum absolute atomic E-state index is 0. The van der Waals surface area contributed by atoms with Crippen LogP contribution in [0.3, 0.4) is 0 Å². The molecular weight excluding hydrogens is 412 g/mol. The highest BCUT2D eigenvalue weighted by molar-refractivity contribution is 5.95. The lowest BCUT2D eigenvalue weighted by Crippen LogP contribution is -2.44. The van der Waals surface area contributed by atoms with Crippen LogP contribution in [0, 0.1) is 5.92 Å². The Labute approximate surface area is 190 Å². The molecule has 3 N–H and O–H groups in total. The molecule has 0 aromatic heterocycles. The van der Waals surface area contributed by atoms with Crippen molar-refractivity contribution >= 4 is 41.3 Å². The molecule has 31 heavy (non-hydrogen) atoms. The van der Waals surface area contributed by atoms with Gasteiger partial charge in [0.05, 0.1) is 12.0 Å². The van der Waals surface area contributed by atoms with Crippen molar-refractivity contribution in [2.24, 2.45) is 5.92 Å². The normalized spacial score (nSPS) is 22.3. The van der Waals surface area contributed by atoms with Crippen LogP contribution in [0.25, 0.3) is 0 Å². The molecule has 2 aromatic rings. The first-order valence-corrected chi connectivity index (χ1v) is 10.9. The van der Waals surface area contributed by atoms with E-state index in [1.54, 1.807) is 0 Å². The molecule has 0 saturated carbocycles. The van der Waals surface area contributed by atoms with Crippen molar-refractivity contribution in [1.82, 2.24) is 5.32 Å². The molecule has 2 aromatic carbocycles. The van der Waals surface area contributed by atoms with Crippen LogP contribution in [0.5, 0.6) is 0 Å². The van der Waals surface area contributed by atoms with Crippen LogP contribution in [0.4, 0.5) is 17.1 Å². The highest BCUT2D eigenvalue weighted by Crippen LogP contribution is 2.39. The molecule has 0 unspecified atom stereocenters. The number of hydrogen-bond donors (Lipinski definition) is 3. The lowest BCUT2D eigenvalue weighted by atomic mass is 9.91. The van der Waals surface area contributed by atoms with Gasteiger partial charge in [-0.3, -0.25) is 9.59 Å². The first kappa shape index (κ1) is 23.1. The summed E-state index contributed by atoms with van der Waals surface area (Å²) in [6.07, 6.45) is 2.24. The van der Waals surface area contributed by atoms with Crippen molar-refractivity contribution in [2.75, 3.05) is 28.6 Å². The van der Waals surface area contributed by atoms with Gasteiger partial charge in [-0.15, -0.1) is 12.4 Å². The number of halogens is 1. The molecule has 2 amide bonds. The number of benzene rings is 2. The van der Waals surface area contributed by atoms with Crippen molar-refractivity contribution in [3.8, 4) is 0 Å². The van der Waals surface area contributed by atoms with E-state index in [2.05, 4.69) is 28.9 Å². The topological polar surface area (TPSA) is 73.5 Å². The van der Waals surface area contributed by atoms with Crippen molar-refractivity contribution in [3.63, 3.8) is 0 Å². The van der Waals surface area contributed by atoms with Crippen LogP contribution in [-0.2, 0) is 9.59 Å². The Kier molecular flexibility index (Phi) is 7.57. The third-order valence-electron chi connectivity index (χ3n) is 6.08. The number of nitrogens with one attached hydrogen (secondary N) is 3. The number of fused-ring (bicyclic) bond motifs is 1. The minimum Gasteiger partial charge on any atom is -0.378 e. The highest BCUT2D eigenvalue weighted by atomic mass is 35.5.